The quantitative estimate of drug-likeness (QED) is 0.845. The molecule has 0 radical (unpaired) electrons. The molecule has 2 heterocycles. The molecule has 112 valence electrons. The number of carbonyl (C=O) groups excluding carboxylic acids is 1. The Kier molecular flexibility index (Phi) is 4.15. The Labute approximate surface area is 119 Å². The van der Waals surface area contributed by atoms with Crippen molar-refractivity contribution in [2.24, 2.45) is 0 Å². The fourth-order valence-corrected chi connectivity index (χ4v) is 2.17. The van der Waals surface area contributed by atoms with Crippen molar-refractivity contribution >= 4 is 5.91 Å². The van der Waals surface area contributed by atoms with Crippen molar-refractivity contribution in [2.75, 3.05) is 19.8 Å². The van der Waals surface area contributed by atoms with Gasteiger partial charge in [0, 0.05) is 17.7 Å². The molecule has 0 aromatic carbocycles. The van der Waals surface area contributed by atoms with Gasteiger partial charge in [0.1, 0.15) is 5.69 Å². The summed E-state index contributed by atoms with van der Waals surface area (Å²) in [4.78, 5) is 14.2. The molecule has 1 aliphatic heterocycles. The number of nitrogens with zero attached hydrogens (tertiary/aromatic N) is 2. The summed E-state index contributed by atoms with van der Waals surface area (Å²) in [7, 11) is 0. The molecule has 0 spiro atoms. The van der Waals surface area contributed by atoms with Crippen LogP contribution in [0.15, 0.2) is 6.07 Å². The third-order valence-corrected chi connectivity index (χ3v) is 3.58. The first-order chi connectivity index (χ1) is 9.32. The zero-order valence-electron chi connectivity index (χ0n) is 12.5. The molecule has 1 fully saturated rings. The molecule has 1 aromatic rings. The van der Waals surface area contributed by atoms with Gasteiger partial charge in [-0.3, -0.25) is 9.89 Å². The average molecular weight is 281 g/mol. The fraction of sp³-hybridized carbons (Fsp3) is 0.714. The molecule has 0 aliphatic carbocycles. The van der Waals surface area contributed by atoms with Crippen molar-refractivity contribution in [1.82, 2.24) is 15.1 Å². The van der Waals surface area contributed by atoms with Crippen LogP contribution in [0.4, 0.5) is 0 Å². The van der Waals surface area contributed by atoms with Crippen LogP contribution in [0.3, 0.4) is 0 Å². The maximum absolute atomic E-state index is 12.5. The molecule has 1 aromatic heterocycles. The van der Waals surface area contributed by atoms with E-state index in [1.165, 1.54) is 0 Å². The minimum absolute atomic E-state index is 0.0138. The van der Waals surface area contributed by atoms with Gasteiger partial charge in [-0.1, -0.05) is 20.8 Å². The standard InChI is InChI=1S/C14H23N3O3/c1-9-8-20-10(7-18)6-17(9)13(19)11-5-12(16-15-11)14(2,3)4/h5,9-10,18H,6-8H2,1-4H3,(H,15,16). The topological polar surface area (TPSA) is 78.5 Å². The first-order valence-electron chi connectivity index (χ1n) is 6.92. The van der Waals surface area contributed by atoms with E-state index in [1.807, 2.05) is 6.92 Å². The minimum Gasteiger partial charge on any atom is -0.394 e. The Hall–Kier alpha value is -1.40. The number of ether oxygens (including phenoxy) is 1. The lowest BCUT2D eigenvalue weighted by molar-refractivity contribution is -0.0668. The summed E-state index contributed by atoms with van der Waals surface area (Å²) in [6, 6.07) is 1.79. The van der Waals surface area contributed by atoms with Crippen LogP contribution in [0.1, 0.15) is 43.9 Å². The molecule has 2 atom stereocenters. The Morgan fingerprint density at radius 3 is 2.85 bits per heavy atom. The third kappa shape index (κ3) is 3.02. The highest BCUT2D eigenvalue weighted by Gasteiger charge is 2.31. The van der Waals surface area contributed by atoms with Crippen LogP contribution >= 0.6 is 0 Å². The number of hydrogen-bond donors (Lipinski definition) is 2. The molecule has 6 heteroatoms. The molecule has 2 unspecified atom stereocenters. The fourth-order valence-electron chi connectivity index (χ4n) is 2.17. The van der Waals surface area contributed by atoms with Gasteiger partial charge < -0.3 is 14.7 Å². The van der Waals surface area contributed by atoms with Crippen LogP contribution in [0.2, 0.25) is 0 Å². The first kappa shape index (κ1) is 15.0. The third-order valence-electron chi connectivity index (χ3n) is 3.58. The summed E-state index contributed by atoms with van der Waals surface area (Å²) in [6.07, 6.45) is -0.309. The molecule has 20 heavy (non-hydrogen) atoms. The highest BCUT2D eigenvalue weighted by Crippen LogP contribution is 2.22. The van der Waals surface area contributed by atoms with E-state index in [4.69, 9.17) is 4.74 Å². The number of H-pyrrole nitrogens is 1. The van der Waals surface area contributed by atoms with Crippen molar-refractivity contribution in [3.8, 4) is 0 Å². The minimum atomic E-state index is -0.309. The van der Waals surface area contributed by atoms with E-state index in [2.05, 4.69) is 31.0 Å². The van der Waals surface area contributed by atoms with Crippen LogP contribution in [-0.4, -0.2) is 58.0 Å². The molecule has 1 amide bonds. The molecule has 0 bridgehead atoms. The van der Waals surface area contributed by atoms with Gasteiger partial charge in [-0.05, 0) is 13.0 Å². The van der Waals surface area contributed by atoms with Crippen LogP contribution in [0.5, 0.6) is 0 Å². The zero-order chi connectivity index (χ0) is 14.9. The number of aromatic nitrogens is 2. The lowest BCUT2D eigenvalue weighted by Crippen LogP contribution is -2.52. The highest BCUT2D eigenvalue weighted by molar-refractivity contribution is 5.92. The van der Waals surface area contributed by atoms with Gasteiger partial charge in [-0.15, -0.1) is 0 Å². The van der Waals surface area contributed by atoms with Crippen LogP contribution in [0.25, 0.3) is 0 Å². The number of morpholine rings is 1. The molecule has 6 nitrogen and oxygen atoms in total. The summed E-state index contributed by atoms with van der Waals surface area (Å²) in [5, 5.41) is 16.2. The van der Waals surface area contributed by atoms with E-state index in [-0.39, 0.29) is 30.1 Å². The number of aliphatic hydroxyl groups excluding tert-OH is 1. The molecule has 2 N–H and O–H groups in total. The largest absolute Gasteiger partial charge is 0.394 e. The SMILES string of the molecule is CC1COC(CO)CN1C(=O)c1cc(C(C)(C)C)[nH]n1. The van der Waals surface area contributed by atoms with Crippen molar-refractivity contribution in [3.63, 3.8) is 0 Å². The van der Waals surface area contributed by atoms with E-state index >= 15 is 0 Å². The molecule has 1 aliphatic rings. The van der Waals surface area contributed by atoms with Crippen molar-refractivity contribution < 1.29 is 14.6 Å². The van der Waals surface area contributed by atoms with Gasteiger partial charge in [0.15, 0.2) is 0 Å². The van der Waals surface area contributed by atoms with Crippen LogP contribution < -0.4 is 0 Å². The smallest absolute Gasteiger partial charge is 0.274 e. The van der Waals surface area contributed by atoms with E-state index in [9.17, 15) is 9.90 Å². The summed E-state index contributed by atoms with van der Waals surface area (Å²) in [6.45, 7) is 8.88. The number of aliphatic hydroxyl groups is 1. The second-order valence-electron chi connectivity index (χ2n) is 6.36. The Bertz CT molecular complexity index is 478. The summed E-state index contributed by atoms with van der Waals surface area (Å²) in [5.74, 6) is -0.119. The van der Waals surface area contributed by atoms with Crippen LogP contribution in [-0.2, 0) is 10.2 Å². The number of rotatable bonds is 2. The predicted molar refractivity (Wildman–Crippen MR) is 74.6 cm³/mol. The first-order valence-corrected chi connectivity index (χ1v) is 6.92. The van der Waals surface area contributed by atoms with E-state index in [0.29, 0.717) is 18.8 Å². The van der Waals surface area contributed by atoms with E-state index in [1.54, 1.807) is 11.0 Å². The zero-order valence-corrected chi connectivity index (χ0v) is 12.5. The number of amides is 1. The Morgan fingerprint density at radius 1 is 1.60 bits per heavy atom. The molecular formula is C14H23N3O3. The van der Waals surface area contributed by atoms with Crippen molar-refractivity contribution in [1.29, 1.82) is 0 Å². The number of nitrogens with one attached hydrogen (secondary N) is 1. The normalized spacial score (nSPS) is 23.9. The van der Waals surface area contributed by atoms with Gasteiger partial charge in [0.05, 0.1) is 25.4 Å². The van der Waals surface area contributed by atoms with Crippen molar-refractivity contribution in [2.45, 2.75) is 45.3 Å². The summed E-state index contributed by atoms with van der Waals surface area (Å²) < 4.78 is 5.44. The summed E-state index contributed by atoms with van der Waals surface area (Å²) >= 11 is 0. The maximum atomic E-state index is 12.5. The van der Waals surface area contributed by atoms with Crippen LogP contribution in [0, 0.1) is 0 Å². The van der Waals surface area contributed by atoms with Gasteiger partial charge in [0.25, 0.3) is 5.91 Å². The van der Waals surface area contributed by atoms with Gasteiger partial charge in [-0.2, -0.15) is 5.10 Å². The highest BCUT2D eigenvalue weighted by atomic mass is 16.5. The van der Waals surface area contributed by atoms with Crippen molar-refractivity contribution in [3.05, 3.63) is 17.5 Å². The second kappa shape index (κ2) is 5.54. The average Bonchev–Trinajstić information content (AvgIpc) is 2.88. The monoisotopic (exact) mass is 281 g/mol. The molecule has 2 rings (SSSR count). The number of carbonyl (C=O) groups is 1. The Balaban J connectivity index is 2.15. The molecular weight excluding hydrogens is 258 g/mol. The summed E-state index contributed by atoms with van der Waals surface area (Å²) in [5.41, 5.74) is 1.27. The maximum Gasteiger partial charge on any atom is 0.274 e. The van der Waals surface area contributed by atoms with E-state index in [0.717, 1.165) is 5.69 Å². The lowest BCUT2D eigenvalue weighted by atomic mass is 9.92. The van der Waals surface area contributed by atoms with E-state index < -0.39 is 0 Å². The second-order valence-corrected chi connectivity index (χ2v) is 6.36. The number of hydrogen-bond acceptors (Lipinski definition) is 4. The lowest BCUT2D eigenvalue weighted by Gasteiger charge is -2.37. The molecule has 0 saturated carbocycles. The van der Waals surface area contributed by atoms with Gasteiger partial charge in [-0.25, -0.2) is 0 Å². The predicted octanol–water partition coefficient (Wildman–Crippen LogP) is 0.929. The van der Waals surface area contributed by atoms with Gasteiger partial charge in [0.2, 0.25) is 0 Å². The Morgan fingerprint density at radius 2 is 2.30 bits per heavy atom. The van der Waals surface area contributed by atoms with Gasteiger partial charge >= 0.3 is 0 Å². The number of aromatic amines is 1. The molecule has 1 saturated heterocycles.